The van der Waals surface area contributed by atoms with Crippen molar-refractivity contribution >= 4 is 11.9 Å². The zero-order valence-electron chi connectivity index (χ0n) is 10.1. The summed E-state index contributed by atoms with van der Waals surface area (Å²) in [7, 11) is 0. The van der Waals surface area contributed by atoms with E-state index in [4.69, 9.17) is 4.74 Å². The molecule has 0 spiro atoms. The molecule has 1 aromatic rings. The van der Waals surface area contributed by atoms with E-state index in [1.165, 1.54) is 0 Å². The number of hydrogen-bond acceptors (Lipinski definition) is 3. The van der Waals surface area contributed by atoms with Crippen LogP contribution in [-0.2, 0) is 14.3 Å². The van der Waals surface area contributed by atoms with E-state index in [9.17, 15) is 9.59 Å². The SMILES string of the molecule is CCC(c1ccccc1)C1C(=O)OC(=O)[C@H]1C. The molecule has 1 aliphatic rings. The quantitative estimate of drug-likeness (QED) is 0.594. The Balaban J connectivity index is 2.31. The Morgan fingerprint density at radius 2 is 1.82 bits per heavy atom. The first-order valence-electron chi connectivity index (χ1n) is 5.95. The molecule has 3 nitrogen and oxygen atoms in total. The largest absolute Gasteiger partial charge is 0.393 e. The molecule has 2 unspecified atom stereocenters. The number of rotatable bonds is 3. The van der Waals surface area contributed by atoms with Gasteiger partial charge in [-0.1, -0.05) is 44.2 Å². The highest BCUT2D eigenvalue weighted by Crippen LogP contribution is 2.38. The summed E-state index contributed by atoms with van der Waals surface area (Å²) in [5.41, 5.74) is 1.10. The zero-order valence-corrected chi connectivity index (χ0v) is 10.1. The van der Waals surface area contributed by atoms with E-state index in [2.05, 4.69) is 0 Å². The molecule has 0 saturated carbocycles. The second-order valence-corrected chi connectivity index (χ2v) is 4.48. The van der Waals surface area contributed by atoms with Crippen molar-refractivity contribution in [2.45, 2.75) is 26.2 Å². The molecule has 0 aromatic heterocycles. The van der Waals surface area contributed by atoms with Gasteiger partial charge in [-0.05, 0) is 17.9 Å². The van der Waals surface area contributed by atoms with Crippen molar-refractivity contribution in [3.05, 3.63) is 35.9 Å². The molecule has 90 valence electrons. The third-order valence-corrected chi connectivity index (χ3v) is 3.48. The number of carbonyl (C=O) groups excluding carboxylic acids is 2. The molecule has 2 rings (SSSR count). The maximum absolute atomic E-state index is 11.7. The summed E-state index contributed by atoms with van der Waals surface area (Å²) < 4.78 is 4.71. The predicted molar refractivity (Wildman–Crippen MR) is 63.2 cm³/mol. The van der Waals surface area contributed by atoms with Gasteiger partial charge in [-0.3, -0.25) is 9.59 Å². The number of esters is 2. The van der Waals surface area contributed by atoms with Gasteiger partial charge in [0.15, 0.2) is 0 Å². The van der Waals surface area contributed by atoms with Crippen LogP contribution in [-0.4, -0.2) is 11.9 Å². The van der Waals surface area contributed by atoms with Crippen LogP contribution in [0.1, 0.15) is 31.7 Å². The summed E-state index contributed by atoms with van der Waals surface area (Å²) >= 11 is 0. The Labute approximate surface area is 101 Å². The maximum atomic E-state index is 11.7. The minimum atomic E-state index is -0.394. The molecule has 17 heavy (non-hydrogen) atoms. The summed E-state index contributed by atoms with van der Waals surface area (Å²) in [5, 5.41) is 0. The van der Waals surface area contributed by atoms with Crippen LogP contribution in [0.3, 0.4) is 0 Å². The van der Waals surface area contributed by atoms with Crippen LogP contribution in [0, 0.1) is 11.8 Å². The van der Waals surface area contributed by atoms with Crippen LogP contribution in [0.5, 0.6) is 0 Å². The van der Waals surface area contributed by atoms with E-state index >= 15 is 0 Å². The highest BCUT2D eigenvalue weighted by atomic mass is 16.6. The molecule has 1 saturated heterocycles. The minimum absolute atomic E-state index is 0.0603. The van der Waals surface area contributed by atoms with Crippen molar-refractivity contribution in [1.29, 1.82) is 0 Å². The molecule has 3 atom stereocenters. The van der Waals surface area contributed by atoms with Gasteiger partial charge in [0.2, 0.25) is 0 Å². The molecule has 0 radical (unpaired) electrons. The Morgan fingerprint density at radius 1 is 1.18 bits per heavy atom. The van der Waals surface area contributed by atoms with Crippen LogP contribution < -0.4 is 0 Å². The molecule has 0 N–H and O–H groups in total. The minimum Gasteiger partial charge on any atom is -0.393 e. The monoisotopic (exact) mass is 232 g/mol. The van der Waals surface area contributed by atoms with Crippen LogP contribution in [0.2, 0.25) is 0 Å². The number of hydrogen-bond donors (Lipinski definition) is 0. The van der Waals surface area contributed by atoms with Crippen molar-refractivity contribution in [3.8, 4) is 0 Å². The first-order valence-corrected chi connectivity index (χ1v) is 5.95. The van der Waals surface area contributed by atoms with Gasteiger partial charge in [-0.2, -0.15) is 0 Å². The second kappa shape index (κ2) is 4.70. The first kappa shape index (κ1) is 11.8. The van der Waals surface area contributed by atoms with Gasteiger partial charge in [0.1, 0.15) is 0 Å². The average Bonchev–Trinajstić information content (AvgIpc) is 2.58. The summed E-state index contributed by atoms with van der Waals surface area (Å²) in [6.07, 6.45) is 0.821. The fourth-order valence-corrected chi connectivity index (χ4v) is 2.52. The molecule has 1 aromatic carbocycles. The van der Waals surface area contributed by atoms with Gasteiger partial charge in [0.05, 0.1) is 11.8 Å². The Bertz CT molecular complexity index is 424. The average molecular weight is 232 g/mol. The molecule has 1 heterocycles. The van der Waals surface area contributed by atoms with Gasteiger partial charge in [-0.25, -0.2) is 0 Å². The summed E-state index contributed by atoms with van der Waals surface area (Å²) in [5.74, 6) is -1.39. The van der Waals surface area contributed by atoms with Crippen LogP contribution in [0.25, 0.3) is 0 Å². The van der Waals surface area contributed by atoms with E-state index in [1.807, 2.05) is 37.3 Å². The zero-order chi connectivity index (χ0) is 12.4. The van der Waals surface area contributed by atoms with Crippen molar-refractivity contribution in [3.63, 3.8) is 0 Å². The highest BCUT2D eigenvalue weighted by Gasteiger charge is 2.45. The van der Waals surface area contributed by atoms with Crippen LogP contribution >= 0.6 is 0 Å². The molecule has 0 bridgehead atoms. The topological polar surface area (TPSA) is 43.4 Å². The lowest BCUT2D eigenvalue weighted by atomic mass is 9.78. The highest BCUT2D eigenvalue weighted by molar-refractivity contribution is 5.96. The van der Waals surface area contributed by atoms with Gasteiger partial charge in [-0.15, -0.1) is 0 Å². The van der Waals surface area contributed by atoms with E-state index in [-0.39, 0.29) is 23.7 Å². The van der Waals surface area contributed by atoms with Crippen molar-refractivity contribution in [2.24, 2.45) is 11.8 Å². The first-order chi connectivity index (χ1) is 8.15. The van der Waals surface area contributed by atoms with Crippen LogP contribution in [0.15, 0.2) is 30.3 Å². The molecule has 3 heteroatoms. The summed E-state index contributed by atoms with van der Waals surface area (Å²) in [6.45, 7) is 3.80. The number of carbonyl (C=O) groups is 2. The lowest BCUT2D eigenvalue weighted by molar-refractivity contribution is -0.153. The van der Waals surface area contributed by atoms with E-state index < -0.39 is 5.97 Å². The van der Waals surface area contributed by atoms with Crippen molar-refractivity contribution < 1.29 is 14.3 Å². The molecular formula is C14H16O3. The van der Waals surface area contributed by atoms with Gasteiger partial charge in [0, 0.05) is 0 Å². The number of benzene rings is 1. The smallest absolute Gasteiger partial charge is 0.318 e. The molecular weight excluding hydrogens is 216 g/mol. The van der Waals surface area contributed by atoms with E-state index in [0.29, 0.717) is 0 Å². The fourth-order valence-electron chi connectivity index (χ4n) is 2.52. The van der Waals surface area contributed by atoms with E-state index in [1.54, 1.807) is 6.92 Å². The third kappa shape index (κ3) is 2.09. The number of ether oxygens (including phenoxy) is 1. The van der Waals surface area contributed by atoms with E-state index in [0.717, 1.165) is 12.0 Å². The van der Waals surface area contributed by atoms with Gasteiger partial charge in [0.25, 0.3) is 0 Å². The third-order valence-electron chi connectivity index (χ3n) is 3.48. The predicted octanol–water partition coefficient (Wildman–Crippen LogP) is 2.52. The molecule has 1 fully saturated rings. The Hall–Kier alpha value is -1.64. The lowest BCUT2D eigenvalue weighted by Crippen LogP contribution is -2.22. The molecule has 0 amide bonds. The van der Waals surface area contributed by atoms with Crippen molar-refractivity contribution in [1.82, 2.24) is 0 Å². The summed E-state index contributed by atoms with van der Waals surface area (Å²) in [4.78, 5) is 23.1. The van der Waals surface area contributed by atoms with Gasteiger partial charge < -0.3 is 4.74 Å². The Morgan fingerprint density at radius 3 is 2.29 bits per heavy atom. The molecule has 0 aliphatic carbocycles. The normalized spacial score (nSPS) is 25.8. The number of cyclic esters (lactones) is 2. The molecule has 1 aliphatic heterocycles. The lowest BCUT2D eigenvalue weighted by Gasteiger charge is -2.21. The second-order valence-electron chi connectivity index (χ2n) is 4.48. The fraction of sp³-hybridized carbons (Fsp3) is 0.429. The standard InChI is InChI=1S/C14H16O3/c1-3-11(10-7-5-4-6-8-10)12-9(2)13(15)17-14(12)16/h4-9,11-12H,3H2,1-2H3/t9-,11?,12?/m0/s1. The van der Waals surface area contributed by atoms with Crippen molar-refractivity contribution in [2.75, 3.05) is 0 Å². The Kier molecular flexibility index (Phi) is 3.27. The van der Waals surface area contributed by atoms with Crippen LogP contribution in [0.4, 0.5) is 0 Å². The summed E-state index contributed by atoms with van der Waals surface area (Å²) in [6, 6.07) is 9.83. The van der Waals surface area contributed by atoms with Gasteiger partial charge >= 0.3 is 11.9 Å². The maximum Gasteiger partial charge on any atom is 0.318 e.